The molecular formula is C19H23N3O3. The number of unbranched alkanes of at least 4 members (excludes halogenated alkanes) is 2. The number of furan rings is 1. The van der Waals surface area contributed by atoms with Crippen LogP contribution in [0.4, 0.5) is 5.69 Å². The van der Waals surface area contributed by atoms with Crippen molar-refractivity contribution >= 4 is 23.2 Å². The third kappa shape index (κ3) is 5.91. The van der Waals surface area contributed by atoms with Gasteiger partial charge in [0.1, 0.15) is 0 Å². The molecule has 2 aromatic rings. The largest absolute Gasteiger partial charge is 0.459 e. The lowest BCUT2D eigenvalue weighted by Crippen LogP contribution is -2.18. The molecule has 6 nitrogen and oxygen atoms in total. The Bertz CT molecular complexity index is 719. The van der Waals surface area contributed by atoms with Crippen LogP contribution in [-0.4, -0.2) is 17.5 Å². The highest BCUT2D eigenvalue weighted by molar-refractivity contribution is 6.03. The summed E-state index contributed by atoms with van der Waals surface area (Å²) in [4.78, 5) is 23.6. The number of carbonyl (C=O) groups is 2. The second kappa shape index (κ2) is 9.42. The summed E-state index contributed by atoms with van der Waals surface area (Å²) < 4.78 is 5.05. The number of rotatable bonds is 8. The quantitative estimate of drug-likeness (QED) is 0.433. The van der Waals surface area contributed by atoms with E-state index in [4.69, 9.17) is 4.42 Å². The van der Waals surface area contributed by atoms with E-state index < -0.39 is 0 Å². The van der Waals surface area contributed by atoms with E-state index >= 15 is 0 Å². The minimum Gasteiger partial charge on any atom is -0.459 e. The van der Waals surface area contributed by atoms with Gasteiger partial charge in [-0.25, -0.2) is 5.43 Å². The van der Waals surface area contributed by atoms with Gasteiger partial charge in [-0.1, -0.05) is 31.9 Å². The van der Waals surface area contributed by atoms with E-state index in [9.17, 15) is 9.59 Å². The monoisotopic (exact) mass is 341 g/mol. The maximum atomic E-state index is 11.9. The highest BCUT2D eigenvalue weighted by atomic mass is 16.3. The molecule has 0 spiro atoms. The molecule has 1 aromatic heterocycles. The summed E-state index contributed by atoms with van der Waals surface area (Å²) in [6.45, 7) is 3.92. The van der Waals surface area contributed by atoms with Crippen LogP contribution in [0.3, 0.4) is 0 Å². The van der Waals surface area contributed by atoms with Gasteiger partial charge in [0.2, 0.25) is 5.91 Å². The van der Waals surface area contributed by atoms with Gasteiger partial charge in [-0.05, 0) is 43.2 Å². The van der Waals surface area contributed by atoms with E-state index in [1.807, 2.05) is 19.1 Å². The Labute approximate surface area is 147 Å². The van der Waals surface area contributed by atoms with E-state index in [-0.39, 0.29) is 17.6 Å². The number of carbonyl (C=O) groups excluding carboxylic acids is 2. The summed E-state index contributed by atoms with van der Waals surface area (Å²) in [5.41, 5.74) is 4.79. The molecule has 2 rings (SSSR count). The minimum absolute atomic E-state index is 0.0740. The molecule has 0 fully saturated rings. The first-order valence-electron chi connectivity index (χ1n) is 8.38. The zero-order valence-corrected chi connectivity index (χ0v) is 14.5. The molecule has 0 radical (unpaired) electrons. The summed E-state index contributed by atoms with van der Waals surface area (Å²) in [5.74, 6) is -0.120. The van der Waals surface area contributed by atoms with Gasteiger partial charge < -0.3 is 9.73 Å². The summed E-state index contributed by atoms with van der Waals surface area (Å²) in [6.07, 6.45) is 4.94. The third-order valence-electron chi connectivity index (χ3n) is 3.66. The van der Waals surface area contributed by atoms with Crippen LogP contribution in [0.15, 0.2) is 52.2 Å². The zero-order valence-electron chi connectivity index (χ0n) is 14.5. The molecule has 1 aromatic carbocycles. The molecule has 0 aliphatic carbocycles. The van der Waals surface area contributed by atoms with E-state index in [1.54, 1.807) is 24.3 Å². The van der Waals surface area contributed by atoms with Crippen molar-refractivity contribution < 1.29 is 14.0 Å². The second-order valence-corrected chi connectivity index (χ2v) is 5.70. The third-order valence-corrected chi connectivity index (χ3v) is 3.66. The average Bonchev–Trinajstić information content (AvgIpc) is 3.15. The van der Waals surface area contributed by atoms with Crippen LogP contribution < -0.4 is 10.7 Å². The van der Waals surface area contributed by atoms with Crippen LogP contribution >= 0.6 is 0 Å². The second-order valence-electron chi connectivity index (χ2n) is 5.70. The van der Waals surface area contributed by atoms with Gasteiger partial charge in [-0.2, -0.15) is 5.10 Å². The molecule has 2 N–H and O–H groups in total. The summed E-state index contributed by atoms with van der Waals surface area (Å²) in [6, 6.07) is 10.5. The molecule has 25 heavy (non-hydrogen) atoms. The first-order valence-corrected chi connectivity index (χ1v) is 8.38. The average molecular weight is 341 g/mol. The first kappa shape index (κ1) is 18.4. The Balaban J connectivity index is 1.89. The molecule has 0 saturated heterocycles. The Kier molecular flexibility index (Phi) is 6.95. The first-order chi connectivity index (χ1) is 12.1. The fraction of sp³-hybridized carbons (Fsp3) is 0.316. The van der Waals surface area contributed by atoms with Crippen molar-refractivity contribution in [2.24, 2.45) is 5.10 Å². The van der Waals surface area contributed by atoms with Crippen LogP contribution in [0.2, 0.25) is 0 Å². The Morgan fingerprint density at radius 2 is 1.88 bits per heavy atom. The van der Waals surface area contributed by atoms with Gasteiger partial charge in [0.15, 0.2) is 5.76 Å². The smallest absolute Gasteiger partial charge is 0.291 e. The van der Waals surface area contributed by atoms with Gasteiger partial charge >= 0.3 is 0 Å². The number of nitrogens with zero attached hydrogens (tertiary/aromatic N) is 1. The number of anilines is 1. The fourth-order valence-electron chi connectivity index (χ4n) is 2.20. The summed E-state index contributed by atoms with van der Waals surface area (Å²) >= 11 is 0. The molecule has 132 valence electrons. The Hall–Kier alpha value is -2.89. The number of amides is 2. The van der Waals surface area contributed by atoms with Gasteiger partial charge in [0, 0.05) is 12.1 Å². The highest BCUT2D eigenvalue weighted by Gasteiger charge is 2.08. The lowest BCUT2D eigenvalue weighted by molar-refractivity contribution is -0.121. The molecule has 0 aliphatic rings. The normalized spacial score (nSPS) is 11.2. The number of benzene rings is 1. The van der Waals surface area contributed by atoms with Crippen molar-refractivity contribution in [3.63, 3.8) is 0 Å². The predicted octanol–water partition coefficient (Wildman–Crippen LogP) is 3.95. The van der Waals surface area contributed by atoms with E-state index in [1.165, 1.54) is 6.26 Å². The van der Waals surface area contributed by atoms with Gasteiger partial charge in [-0.15, -0.1) is 0 Å². The molecule has 0 aliphatic heterocycles. The van der Waals surface area contributed by atoms with Crippen LogP contribution in [0.5, 0.6) is 0 Å². The van der Waals surface area contributed by atoms with Crippen molar-refractivity contribution in [1.82, 2.24) is 5.43 Å². The number of hydrogen-bond donors (Lipinski definition) is 2. The molecule has 0 unspecified atom stereocenters. The highest BCUT2D eigenvalue weighted by Crippen LogP contribution is 2.12. The molecule has 0 bridgehead atoms. The number of nitrogens with one attached hydrogen (secondary N) is 2. The van der Waals surface area contributed by atoms with Crippen LogP contribution in [0, 0.1) is 0 Å². The van der Waals surface area contributed by atoms with E-state index in [0.717, 1.165) is 24.8 Å². The Morgan fingerprint density at radius 1 is 1.12 bits per heavy atom. The molecule has 0 atom stereocenters. The summed E-state index contributed by atoms with van der Waals surface area (Å²) in [7, 11) is 0. The molecule has 1 heterocycles. The maximum absolute atomic E-state index is 11.9. The van der Waals surface area contributed by atoms with Gasteiger partial charge in [0.25, 0.3) is 5.91 Å². The standard InChI is InChI=1S/C19H23N3O3/c1-3-4-5-8-18(23)22-21-14(2)15-9-11-16(12-10-15)20-19(24)17-7-6-13-25-17/h6-7,9-13H,3-5,8H2,1-2H3,(H,20,24)(H,22,23)/b21-14-. The molecular weight excluding hydrogens is 318 g/mol. The van der Waals surface area contributed by atoms with Crippen molar-refractivity contribution in [2.75, 3.05) is 5.32 Å². The van der Waals surface area contributed by atoms with Gasteiger partial charge in [-0.3, -0.25) is 9.59 Å². The van der Waals surface area contributed by atoms with Crippen molar-refractivity contribution in [3.05, 3.63) is 54.0 Å². The van der Waals surface area contributed by atoms with Crippen LogP contribution in [0.25, 0.3) is 0 Å². The molecule has 6 heteroatoms. The van der Waals surface area contributed by atoms with Crippen molar-refractivity contribution in [1.29, 1.82) is 0 Å². The maximum Gasteiger partial charge on any atom is 0.291 e. The predicted molar refractivity (Wildman–Crippen MR) is 97.6 cm³/mol. The lowest BCUT2D eigenvalue weighted by Gasteiger charge is -2.06. The van der Waals surface area contributed by atoms with Crippen molar-refractivity contribution in [3.8, 4) is 0 Å². The summed E-state index contributed by atoms with van der Waals surface area (Å²) in [5, 5.41) is 6.87. The van der Waals surface area contributed by atoms with E-state index in [0.29, 0.717) is 17.8 Å². The fourth-order valence-corrected chi connectivity index (χ4v) is 2.20. The topological polar surface area (TPSA) is 83.7 Å². The Morgan fingerprint density at radius 3 is 2.52 bits per heavy atom. The minimum atomic E-state index is -0.303. The van der Waals surface area contributed by atoms with Gasteiger partial charge in [0.05, 0.1) is 12.0 Å². The number of hydrogen-bond acceptors (Lipinski definition) is 4. The molecule has 0 saturated carbocycles. The van der Waals surface area contributed by atoms with Crippen LogP contribution in [0.1, 0.15) is 55.6 Å². The van der Waals surface area contributed by atoms with E-state index in [2.05, 4.69) is 22.8 Å². The van der Waals surface area contributed by atoms with Crippen molar-refractivity contribution in [2.45, 2.75) is 39.5 Å². The SMILES string of the molecule is CCCCCC(=O)N/N=C(/C)c1ccc(NC(=O)c2ccco2)cc1. The molecule has 2 amide bonds. The zero-order chi connectivity index (χ0) is 18.1. The number of hydrazone groups is 1. The van der Waals surface area contributed by atoms with Crippen LogP contribution in [-0.2, 0) is 4.79 Å². The lowest BCUT2D eigenvalue weighted by atomic mass is 10.1.